The number of tetrazole rings is 1. The lowest BCUT2D eigenvalue weighted by molar-refractivity contribution is -0.129. The molecule has 0 saturated carbocycles. The summed E-state index contributed by atoms with van der Waals surface area (Å²) >= 11 is 3.31. The predicted molar refractivity (Wildman–Crippen MR) is 93.1 cm³/mol. The van der Waals surface area contributed by atoms with Crippen LogP contribution >= 0.6 is 23.5 Å². The number of aryl methyl sites for hydroxylation is 1. The molecule has 8 heteroatoms. The van der Waals surface area contributed by atoms with Gasteiger partial charge in [0.25, 0.3) is 0 Å². The molecule has 122 valence electrons. The number of carbonyl (C=O) groups is 1. The van der Waals surface area contributed by atoms with Gasteiger partial charge in [0.15, 0.2) is 0 Å². The predicted octanol–water partition coefficient (Wildman–Crippen LogP) is 2.03. The van der Waals surface area contributed by atoms with Crippen LogP contribution in [0.3, 0.4) is 0 Å². The van der Waals surface area contributed by atoms with Gasteiger partial charge in [0.2, 0.25) is 11.1 Å². The van der Waals surface area contributed by atoms with Gasteiger partial charge in [-0.05, 0) is 42.0 Å². The van der Waals surface area contributed by atoms with E-state index in [2.05, 4.69) is 15.5 Å². The van der Waals surface area contributed by atoms with Crippen molar-refractivity contribution < 1.29 is 4.79 Å². The summed E-state index contributed by atoms with van der Waals surface area (Å²) in [5.41, 5.74) is 2.05. The van der Waals surface area contributed by atoms with E-state index in [-0.39, 0.29) is 11.2 Å². The van der Waals surface area contributed by atoms with Gasteiger partial charge < -0.3 is 4.90 Å². The minimum atomic E-state index is -0.201. The Labute approximate surface area is 144 Å². The second-order valence-electron chi connectivity index (χ2n) is 5.41. The van der Waals surface area contributed by atoms with Crippen LogP contribution < -0.4 is 0 Å². The molecule has 1 aliphatic heterocycles. The van der Waals surface area contributed by atoms with Crippen molar-refractivity contribution in [1.29, 1.82) is 0 Å². The second kappa shape index (κ2) is 7.35. The summed E-state index contributed by atoms with van der Waals surface area (Å²) in [5, 5.41) is 12.3. The van der Waals surface area contributed by atoms with E-state index >= 15 is 0 Å². The smallest absolute Gasteiger partial charge is 0.235 e. The first-order chi connectivity index (χ1) is 11.1. The lowest BCUT2D eigenvalue weighted by atomic mass is 10.2. The number of hydrogen-bond donors (Lipinski definition) is 0. The summed E-state index contributed by atoms with van der Waals surface area (Å²) < 4.78 is 1.69. The topological polar surface area (TPSA) is 63.9 Å². The zero-order valence-electron chi connectivity index (χ0n) is 13.2. The van der Waals surface area contributed by atoms with Crippen molar-refractivity contribution >= 4 is 29.4 Å². The molecule has 6 nitrogen and oxygen atoms in total. The van der Waals surface area contributed by atoms with Crippen molar-refractivity contribution in [1.82, 2.24) is 25.1 Å². The summed E-state index contributed by atoms with van der Waals surface area (Å²) in [6.45, 7) is 5.61. The fourth-order valence-corrected chi connectivity index (χ4v) is 4.22. The summed E-state index contributed by atoms with van der Waals surface area (Å²) in [7, 11) is 0. The summed E-state index contributed by atoms with van der Waals surface area (Å²) in [6, 6.07) is 7.98. The highest BCUT2D eigenvalue weighted by Gasteiger charge is 2.25. The normalized spacial score (nSPS) is 16.3. The molecule has 1 amide bonds. The third-order valence-corrected chi connectivity index (χ3v) is 5.60. The van der Waals surface area contributed by atoms with Crippen molar-refractivity contribution in [2.24, 2.45) is 0 Å². The average Bonchev–Trinajstić information content (AvgIpc) is 3.03. The third kappa shape index (κ3) is 3.87. The Hall–Kier alpha value is -1.54. The number of aromatic nitrogens is 4. The van der Waals surface area contributed by atoms with Crippen LogP contribution in [-0.2, 0) is 4.79 Å². The highest BCUT2D eigenvalue weighted by atomic mass is 32.2. The molecule has 2 aromatic rings. The summed E-state index contributed by atoms with van der Waals surface area (Å²) in [5.74, 6) is 2.20. The van der Waals surface area contributed by atoms with Gasteiger partial charge in [-0.1, -0.05) is 23.9 Å². The van der Waals surface area contributed by atoms with E-state index in [0.717, 1.165) is 35.8 Å². The van der Waals surface area contributed by atoms with Gasteiger partial charge >= 0.3 is 0 Å². The van der Waals surface area contributed by atoms with E-state index in [0.29, 0.717) is 5.16 Å². The van der Waals surface area contributed by atoms with Crippen molar-refractivity contribution in [3.05, 3.63) is 29.8 Å². The number of hydrogen-bond acceptors (Lipinski definition) is 6. The lowest BCUT2D eigenvalue weighted by Crippen LogP contribution is -2.41. The van der Waals surface area contributed by atoms with E-state index in [1.54, 1.807) is 4.68 Å². The van der Waals surface area contributed by atoms with Crippen LogP contribution in [0.2, 0.25) is 0 Å². The van der Waals surface area contributed by atoms with E-state index in [4.69, 9.17) is 0 Å². The Kier molecular flexibility index (Phi) is 5.22. The second-order valence-corrected chi connectivity index (χ2v) is 7.94. The first kappa shape index (κ1) is 16.3. The number of amides is 1. The standard InChI is InChI=1S/C15H19N5OS2/c1-11-4-3-5-13(10-11)20-15(16-17-18-20)23-12(2)14(21)19-6-8-22-9-7-19/h3-5,10,12H,6-9H2,1-2H3. The van der Waals surface area contributed by atoms with Crippen LogP contribution in [0.1, 0.15) is 12.5 Å². The van der Waals surface area contributed by atoms with Gasteiger partial charge in [-0.2, -0.15) is 16.4 Å². The maximum absolute atomic E-state index is 12.5. The Morgan fingerprint density at radius 2 is 2.13 bits per heavy atom. The molecule has 2 heterocycles. The van der Waals surface area contributed by atoms with E-state index in [1.807, 2.05) is 54.8 Å². The maximum Gasteiger partial charge on any atom is 0.235 e. The van der Waals surface area contributed by atoms with Gasteiger partial charge in [0.1, 0.15) is 0 Å². The highest BCUT2D eigenvalue weighted by Crippen LogP contribution is 2.25. The lowest BCUT2D eigenvalue weighted by Gasteiger charge is -2.28. The van der Waals surface area contributed by atoms with Gasteiger partial charge in [-0.25, -0.2) is 0 Å². The minimum absolute atomic E-state index is 0.161. The van der Waals surface area contributed by atoms with Crippen LogP contribution in [0.25, 0.3) is 5.69 Å². The Bertz CT molecular complexity index is 684. The maximum atomic E-state index is 12.5. The zero-order chi connectivity index (χ0) is 16.2. The molecule has 1 aromatic carbocycles. The van der Waals surface area contributed by atoms with Crippen molar-refractivity contribution in [2.45, 2.75) is 24.3 Å². The Balaban J connectivity index is 1.73. The molecule has 1 aromatic heterocycles. The van der Waals surface area contributed by atoms with Crippen LogP contribution in [0.15, 0.2) is 29.4 Å². The molecule has 1 fully saturated rings. The van der Waals surface area contributed by atoms with Gasteiger partial charge in [-0.15, -0.1) is 5.10 Å². The highest BCUT2D eigenvalue weighted by molar-refractivity contribution is 8.00. The first-order valence-corrected chi connectivity index (χ1v) is 9.57. The number of thioether (sulfide) groups is 2. The summed E-state index contributed by atoms with van der Waals surface area (Å²) in [4.78, 5) is 14.5. The number of carbonyl (C=O) groups excluding carboxylic acids is 1. The van der Waals surface area contributed by atoms with Crippen molar-refractivity contribution in [3.63, 3.8) is 0 Å². The summed E-state index contributed by atoms with van der Waals surface area (Å²) in [6.07, 6.45) is 0. The molecule has 0 spiro atoms. The van der Waals surface area contributed by atoms with Crippen LogP contribution in [-0.4, -0.2) is 60.9 Å². The molecule has 23 heavy (non-hydrogen) atoms. The molecule has 0 bridgehead atoms. The van der Waals surface area contributed by atoms with Crippen molar-refractivity contribution in [3.8, 4) is 5.69 Å². The van der Waals surface area contributed by atoms with E-state index in [9.17, 15) is 4.79 Å². The molecule has 1 atom stereocenters. The molecule has 1 aliphatic rings. The minimum Gasteiger partial charge on any atom is -0.340 e. The van der Waals surface area contributed by atoms with Gasteiger partial charge in [0.05, 0.1) is 10.9 Å². The Morgan fingerprint density at radius 3 is 2.87 bits per heavy atom. The zero-order valence-corrected chi connectivity index (χ0v) is 14.8. The Morgan fingerprint density at radius 1 is 1.35 bits per heavy atom. The monoisotopic (exact) mass is 349 g/mol. The number of nitrogens with zero attached hydrogens (tertiary/aromatic N) is 5. The molecule has 1 saturated heterocycles. The molecule has 0 radical (unpaired) electrons. The third-order valence-electron chi connectivity index (χ3n) is 3.64. The SMILES string of the molecule is Cc1cccc(-n2nnnc2SC(C)C(=O)N2CCSCC2)c1. The fourth-order valence-electron chi connectivity index (χ4n) is 2.42. The number of benzene rings is 1. The van der Waals surface area contributed by atoms with E-state index < -0.39 is 0 Å². The first-order valence-electron chi connectivity index (χ1n) is 7.54. The molecule has 3 rings (SSSR count). The molecular formula is C15H19N5OS2. The van der Waals surface area contributed by atoms with Gasteiger partial charge in [0, 0.05) is 24.6 Å². The molecule has 1 unspecified atom stereocenters. The average molecular weight is 349 g/mol. The number of rotatable bonds is 4. The fraction of sp³-hybridized carbons (Fsp3) is 0.467. The largest absolute Gasteiger partial charge is 0.340 e. The molecule has 0 aliphatic carbocycles. The van der Waals surface area contributed by atoms with Crippen LogP contribution in [0.4, 0.5) is 0 Å². The van der Waals surface area contributed by atoms with Crippen LogP contribution in [0.5, 0.6) is 0 Å². The molecule has 0 N–H and O–H groups in total. The van der Waals surface area contributed by atoms with Crippen molar-refractivity contribution in [2.75, 3.05) is 24.6 Å². The van der Waals surface area contributed by atoms with Gasteiger partial charge in [-0.3, -0.25) is 4.79 Å². The quantitative estimate of drug-likeness (QED) is 0.787. The molecular weight excluding hydrogens is 330 g/mol. The van der Waals surface area contributed by atoms with E-state index in [1.165, 1.54) is 11.8 Å². The van der Waals surface area contributed by atoms with Crippen LogP contribution in [0, 0.1) is 6.92 Å².